The number of hydrogen-bond donors (Lipinski definition) is 1. The van der Waals surface area contributed by atoms with Crippen molar-refractivity contribution in [3.63, 3.8) is 0 Å². The molecule has 1 N–H and O–H groups in total. The molecular weight excluding hydrogens is 366 g/mol. The predicted octanol–water partition coefficient (Wildman–Crippen LogP) is 3.48. The second-order valence-electron chi connectivity index (χ2n) is 6.39. The van der Waals surface area contributed by atoms with Crippen molar-refractivity contribution < 1.29 is 14.3 Å². The van der Waals surface area contributed by atoms with Gasteiger partial charge in [-0.25, -0.2) is 9.59 Å². The number of amides is 2. The molecule has 0 radical (unpaired) electrons. The number of nitrogens with zero attached hydrogens (tertiary/aromatic N) is 2. The summed E-state index contributed by atoms with van der Waals surface area (Å²) in [7, 11) is 1.34. The van der Waals surface area contributed by atoms with Crippen LogP contribution in [0.1, 0.15) is 15.9 Å². The number of methoxy groups -OCH3 is 1. The Morgan fingerprint density at radius 1 is 1.00 bits per heavy atom. The lowest BCUT2D eigenvalue weighted by atomic mass is 10.2. The number of ether oxygens (including phenoxy) is 1. The predicted molar refractivity (Wildman–Crippen MR) is 105 cm³/mol. The summed E-state index contributed by atoms with van der Waals surface area (Å²) in [6, 6.07) is 14.4. The van der Waals surface area contributed by atoms with Gasteiger partial charge in [-0.15, -0.1) is 0 Å². The van der Waals surface area contributed by atoms with E-state index < -0.39 is 5.97 Å². The van der Waals surface area contributed by atoms with Gasteiger partial charge in [0.1, 0.15) is 0 Å². The maximum absolute atomic E-state index is 12.4. The highest BCUT2D eigenvalue weighted by Crippen LogP contribution is 2.15. The molecule has 0 saturated carbocycles. The van der Waals surface area contributed by atoms with Gasteiger partial charge in [-0.3, -0.25) is 4.90 Å². The van der Waals surface area contributed by atoms with Crippen LogP contribution in [0, 0.1) is 0 Å². The Balaban J connectivity index is 1.48. The van der Waals surface area contributed by atoms with Gasteiger partial charge in [0, 0.05) is 43.4 Å². The SMILES string of the molecule is COC(=O)c1ccc(NC(=O)N2CCN(Cc3ccc(Cl)cc3)CC2)cc1. The first-order chi connectivity index (χ1) is 13.0. The average molecular weight is 388 g/mol. The number of hydrogen-bond acceptors (Lipinski definition) is 4. The molecule has 142 valence electrons. The monoisotopic (exact) mass is 387 g/mol. The van der Waals surface area contributed by atoms with Crippen LogP contribution in [-0.2, 0) is 11.3 Å². The van der Waals surface area contributed by atoms with E-state index in [0.29, 0.717) is 24.3 Å². The molecule has 2 amide bonds. The molecule has 0 aromatic heterocycles. The van der Waals surface area contributed by atoms with Crippen molar-refractivity contribution in [2.24, 2.45) is 0 Å². The first kappa shape index (κ1) is 19.2. The van der Waals surface area contributed by atoms with Crippen LogP contribution >= 0.6 is 11.6 Å². The quantitative estimate of drug-likeness (QED) is 0.816. The fourth-order valence-corrected chi connectivity index (χ4v) is 3.09. The molecule has 0 unspecified atom stereocenters. The minimum Gasteiger partial charge on any atom is -0.465 e. The molecule has 1 saturated heterocycles. The molecule has 7 heteroatoms. The van der Waals surface area contributed by atoms with E-state index in [1.54, 1.807) is 29.2 Å². The molecule has 1 heterocycles. The summed E-state index contributed by atoms with van der Waals surface area (Å²) < 4.78 is 4.67. The zero-order valence-corrected chi connectivity index (χ0v) is 15.9. The zero-order chi connectivity index (χ0) is 19.2. The molecule has 0 bridgehead atoms. The number of halogens is 1. The van der Waals surface area contributed by atoms with Crippen molar-refractivity contribution >= 4 is 29.3 Å². The standard InChI is InChI=1S/C20H22ClN3O3/c1-27-19(25)16-4-8-18(9-5-16)22-20(26)24-12-10-23(11-13-24)14-15-2-6-17(21)7-3-15/h2-9H,10-14H2,1H3,(H,22,26). The Bertz CT molecular complexity index is 785. The maximum Gasteiger partial charge on any atom is 0.337 e. The van der Waals surface area contributed by atoms with Crippen molar-refractivity contribution in [1.82, 2.24) is 9.80 Å². The van der Waals surface area contributed by atoms with E-state index in [2.05, 4.69) is 15.0 Å². The van der Waals surface area contributed by atoms with Gasteiger partial charge >= 0.3 is 12.0 Å². The molecule has 0 spiro atoms. The van der Waals surface area contributed by atoms with Crippen molar-refractivity contribution in [3.8, 4) is 0 Å². The summed E-state index contributed by atoms with van der Waals surface area (Å²) >= 11 is 5.92. The van der Waals surface area contributed by atoms with Crippen molar-refractivity contribution in [2.75, 3.05) is 38.6 Å². The van der Waals surface area contributed by atoms with Crippen LogP contribution in [0.4, 0.5) is 10.5 Å². The second kappa shape index (κ2) is 8.88. The molecule has 2 aromatic carbocycles. The number of benzene rings is 2. The normalized spacial score (nSPS) is 14.7. The van der Waals surface area contributed by atoms with Gasteiger partial charge in [-0.1, -0.05) is 23.7 Å². The van der Waals surface area contributed by atoms with Crippen LogP contribution in [-0.4, -0.2) is 55.1 Å². The van der Waals surface area contributed by atoms with E-state index in [9.17, 15) is 9.59 Å². The molecule has 1 aliphatic heterocycles. The number of piperazine rings is 1. The van der Waals surface area contributed by atoms with Crippen molar-refractivity contribution in [3.05, 3.63) is 64.7 Å². The van der Waals surface area contributed by atoms with Gasteiger partial charge < -0.3 is 15.0 Å². The minimum absolute atomic E-state index is 0.132. The largest absolute Gasteiger partial charge is 0.465 e. The summed E-state index contributed by atoms with van der Waals surface area (Å²) in [5.74, 6) is -0.398. The van der Waals surface area contributed by atoms with Crippen LogP contribution in [0.3, 0.4) is 0 Å². The molecule has 27 heavy (non-hydrogen) atoms. The van der Waals surface area contributed by atoms with E-state index >= 15 is 0 Å². The molecule has 0 aliphatic carbocycles. The van der Waals surface area contributed by atoms with Crippen LogP contribution in [0.2, 0.25) is 5.02 Å². The summed E-state index contributed by atoms with van der Waals surface area (Å²) in [5, 5.41) is 3.60. The molecule has 1 aliphatic rings. The number of nitrogens with one attached hydrogen (secondary N) is 1. The summed E-state index contributed by atoms with van der Waals surface area (Å²) in [5.41, 5.74) is 2.31. The summed E-state index contributed by atoms with van der Waals surface area (Å²) in [6.07, 6.45) is 0. The lowest BCUT2D eigenvalue weighted by Gasteiger charge is -2.34. The van der Waals surface area contributed by atoms with Crippen LogP contribution in [0.25, 0.3) is 0 Å². The van der Waals surface area contributed by atoms with E-state index in [4.69, 9.17) is 11.6 Å². The lowest BCUT2D eigenvalue weighted by Crippen LogP contribution is -2.49. The molecule has 0 atom stereocenters. The maximum atomic E-state index is 12.4. The fourth-order valence-electron chi connectivity index (χ4n) is 2.97. The van der Waals surface area contributed by atoms with Crippen LogP contribution < -0.4 is 5.32 Å². The number of carbonyl (C=O) groups excluding carboxylic acids is 2. The van der Waals surface area contributed by atoms with Crippen LogP contribution in [0.5, 0.6) is 0 Å². The third-order valence-corrected chi connectivity index (χ3v) is 4.79. The topological polar surface area (TPSA) is 61.9 Å². The van der Waals surface area contributed by atoms with Gasteiger partial charge in [0.2, 0.25) is 0 Å². The highest BCUT2D eigenvalue weighted by molar-refractivity contribution is 6.30. The Hall–Kier alpha value is -2.57. The number of esters is 1. The fraction of sp³-hybridized carbons (Fsp3) is 0.300. The number of rotatable bonds is 4. The molecule has 6 nitrogen and oxygen atoms in total. The Morgan fingerprint density at radius 3 is 2.22 bits per heavy atom. The Kier molecular flexibility index (Phi) is 6.32. The molecule has 3 rings (SSSR count). The Morgan fingerprint density at radius 2 is 1.63 bits per heavy atom. The first-order valence-electron chi connectivity index (χ1n) is 8.76. The molecule has 2 aromatic rings. The first-order valence-corrected chi connectivity index (χ1v) is 9.14. The summed E-state index contributed by atoms with van der Waals surface area (Å²) in [6.45, 7) is 3.82. The third-order valence-electron chi connectivity index (χ3n) is 4.54. The van der Waals surface area contributed by atoms with E-state index in [0.717, 1.165) is 24.7 Å². The van der Waals surface area contributed by atoms with Gasteiger partial charge in [0.25, 0.3) is 0 Å². The third kappa shape index (κ3) is 5.21. The van der Waals surface area contributed by atoms with Crippen molar-refractivity contribution in [2.45, 2.75) is 6.54 Å². The van der Waals surface area contributed by atoms with Gasteiger partial charge in [-0.2, -0.15) is 0 Å². The number of urea groups is 1. The highest BCUT2D eigenvalue weighted by atomic mass is 35.5. The average Bonchev–Trinajstić information content (AvgIpc) is 2.70. The van der Waals surface area contributed by atoms with E-state index in [1.165, 1.54) is 12.7 Å². The smallest absolute Gasteiger partial charge is 0.337 e. The molecular formula is C20H22ClN3O3. The van der Waals surface area contributed by atoms with Gasteiger partial charge in [0.15, 0.2) is 0 Å². The van der Waals surface area contributed by atoms with Crippen LogP contribution in [0.15, 0.2) is 48.5 Å². The van der Waals surface area contributed by atoms with Gasteiger partial charge in [0.05, 0.1) is 12.7 Å². The lowest BCUT2D eigenvalue weighted by molar-refractivity contribution is 0.0600. The van der Waals surface area contributed by atoms with Crippen molar-refractivity contribution in [1.29, 1.82) is 0 Å². The van der Waals surface area contributed by atoms with E-state index in [1.807, 2.05) is 24.3 Å². The Labute approximate surface area is 163 Å². The van der Waals surface area contributed by atoms with Gasteiger partial charge in [-0.05, 0) is 42.0 Å². The summed E-state index contributed by atoms with van der Waals surface area (Å²) in [4.78, 5) is 28.0. The highest BCUT2D eigenvalue weighted by Gasteiger charge is 2.21. The molecule has 1 fully saturated rings. The second-order valence-corrected chi connectivity index (χ2v) is 6.83. The zero-order valence-electron chi connectivity index (χ0n) is 15.2. The number of carbonyl (C=O) groups is 2. The minimum atomic E-state index is -0.398. The number of anilines is 1. The van der Waals surface area contributed by atoms with E-state index in [-0.39, 0.29) is 6.03 Å².